The van der Waals surface area contributed by atoms with Gasteiger partial charge in [-0.1, -0.05) is 42.5 Å². The van der Waals surface area contributed by atoms with Crippen molar-refractivity contribution in [2.75, 3.05) is 18.5 Å². The highest BCUT2D eigenvalue weighted by Gasteiger charge is 2.23. The molecular weight excluding hydrogens is 462 g/mol. The molecule has 4 rings (SSSR count). The molecule has 0 fully saturated rings. The molecule has 176 valence electrons. The summed E-state index contributed by atoms with van der Waals surface area (Å²) >= 11 is 1.24. The number of nitrogens with zero attached hydrogens (tertiary/aromatic N) is 3. The maximum absolute atomic E-state index is 11.7. The SMILES string of the molecule is COc1ccc(N=C(c2ccccc2)N(Sc2ccccc2[N+](=O)[O-])c2ccc(OC)cc2)cc1. The molecule has 0 aromatic heterocycles. The topological polar surface area (TPSA) is 77.2 Å². The smallest absolute Gasteiger partial charge is 0.284 e. The minimum atomic E-state index is -0.378. The minimum absolute atomic E-state index is 0.0212. The Hall–Kier alpha value is -4.30. The summed E-state index contributed by atoms with van der Waals surface area (Å²) in [6, 6.07) is 31.3. The highest BCUT2D eigenvalue weighted by molar-refractivity contribution is 8.01. The van der Waals surface area contributed by atoms with Gasteiger partial charge in [-0.3, -0.25) is 14.4 Å². The van der Waals surface area contributed by atoms with Crippen LogP contribution in [0.4, 0.5) is 17.1 Å². The maximum atomic E-state index is 11.7. The van der Waals surface area contributed by atoms with Gasteiger partial charge in [0, 0.05) is 23.6 Å². The number of hydrogen-bond donors (Lipinski definition) is 0. The molecule has 35 heavy (non-hydrogen) atoms. The predicted molar refractivity (Wildman–Crippen MR) is 140 cm³/mol. The largest absolute Gasteiger partial charge is 0.497 e. The van der Waals surface area contributed by atoms with Gasteiger partial charge in [-0.05, 0) is 54.6 Å². The molecule has 7 nitrogen and oxygen atoms in total. The lowest BCUT2D eigenvalue weighted by molar-refractivity contribution is -0.387. The average Bonchev–Trinajstić information content (AvgIpc) is 2.91. The van der Waals surface area contributed by atoms with Crippen LogP contribution in [0.15, 0.2) is 113 Å². The van der Waals surface area contributed by atoms with Crippen LogP contribution in [0.3, 0.4) is 0 Å². The summed E-state index contributed by atoms with van der Waals surface area (Å²) in [6.07, 6.45) is 0. The van der Waals surface area contributed by atoms with Crippen LogP contribution < -0.4 is 13.8 Å². The number of rotatable bonds is 8. The molecule has 0 heterocycles. The number of anilines is 1. The quantitative estimate of drug-likeness (QED) is 0.0888. The van der Waals surface area contributed by atoms with Gasteiger partial charge in [-0.25, -0.2) is 4.99 Å². The van der Waals surface area contributed by atoms with E-state index < -0.39 is 0 Å². The van der Waals surface area contributed by atoms with Crippen LogP contribution in [0.1, 0.15) is 5.56 Å². The number of hydrogen-bond acceptors (Lipinski definition) is 6. The molecule has 0 N–H and O–H groups in total. The van der Waals surface area contributed by atoms with Crippen LogP contribution in [0.2, 0.25) is 0 Å². The summed E-state index contributed by atoms with van der Waals surface area (Å²) in [5.41, 5.74) is 2.37. The van der Waals surface area contributed by atoms with E-state index >= 15 is 0 Å². The minimum Gasteiger partial charge on any atom is -0.497 e. The van der Waals surface area contributed by atoms with E-state index in [1.807, 2.05) is 83.2 Å². The van der Waals surface area contributed by atoms with Crippen molar-refractivity contribution in [1.29, 1.82) is 0 Å². The van der Waals surface area contributed by atoms with Gasteiger partial charge in [0.2, 0.25) is 0 Å². The van der Waals surface area contributed by atoms with E-state index in [9.17, 15) is 10.1 Å². The van der Waals surface area contributed by atoms with Gasteiger partial charge in [0.1, 0.15) is 16.4 Å². The van der Waals surface area contributed by atoms with Crippen LogP contribution in [0.5, 0.6) is 11.5 Å². The van der Waals surface area contributed by atoms with Crippen molar-refractivity contribution in [3.63, 3.8) is 0 Å². The van der Waals surface area contributed by atoms with Crippen LogP contribution in [0.25, 0.3) is 0 Å². The van der Waals surface area contributed by atoms with Gasteiger partial charge >= 0.3 is 0 Å². The third-order valence-corrected chi connectivity index (χ3v) is 6.20. The number of ether oxygens (including phenoxy) is 2. The van der Waals surface area contributed by atoms with Crippen molar-refractivity contribution in [2.45, 2.75) is 4.90 Å². The normalized spacial score (nSPS) is 11.1. The summed E-state index contributed by atoms with van der Waals surface area (Å²) < 4.78 is 12.5. The fourth-order valence-corrected chi connectivity index (χ4v) is 4.34. The predicted octanol–water partition coefficient (Wildman–Crippen LogP) is 6.90. The lowest BCUT2D eigenvalue weighted by Crippen LogP contribution is -2.25. The Labute approximate surface area is 207 Å². The first kappa shape index (κ1) is 23.8. The van der Waals surface area contributed by atoms with Crippen LogP contribution in [0, 0.1) is 10.1 Å². The maximum Gasteiger partial charge on any atom is 0.284 e. The lowest BCUT2D eigenvalue weighted by atomic mass is 10.2. The summed E-state index contributed by atoms with van der Waals surface area (Å²) in [4.78, 5) is 16.8. The molecule has 0 atom stereocenters. The Morgan fingerprint density at radius 1 is 0.800 bits per heavy atom. The first-order valence-corrected chi connectivity index (χ1v) is 11.5. The van der Waals surface area contributed by atoms with Crippen molar-refractivity contribution in [2.24, 2.45) is 4.99 Å². The zero-order chi connectivity index (χ0) is 24.6. The third kappa shape index (κ3) is 5.80. The van der Waals surface area contributed by atoms with Crippen LogP contribution in [-0.2, 0) is 0 Å². The molecule has 0 unspecified atom stereocenters. The van der Waals surface area contributed by atoms with Crippen molar-refractivity contribution in [3.8, 4) is 11.5 Å². The number of nitro groups is 1. The molecule has 4 aromatic carbocycles. The van der Waals surface area contributed by atoms with Crippen molar-refractivity contribution in [3.05, 3.63) is 119 Å². The summed E-state index contributed by atoms with van der Waals surface area (Å²) in [6.45, 7) is 0. The number of benzene rings is 4. The fraction of sp³-hybridized carbons (Fsp3) is 0.0741. The molecule has 8 heteroatoms. The molecule has 0 spiro atoms. The molecule has 0 amide bonds. The Balaban J connectivity index is 1.88. The number of aliphatic imine (C=N–C) groups is 1. The van der Waals surface area contributed by atoms with Crippen LogP contribution in [-0.4, -0.2) is 25.0 Å². The van der Waals surface area contributed by atoms with Gasteiger partial charge in [-0.15, -0.1) is 0 Å². The Morgan fingerprint density at radius 3 is 1.97 bits per heavy atom. The van der Waals surface area contributed by atoms with Gasteiger partial charge in [0.05, 0.1) is 30.5 Å². The second-order valence-corrected chi connectivity index (χ2v) is 8.30. The molecule has 0 aliphatic carbocycles. The number of amidine groups is 1. The Morgan fingerprint density at radius 2 is 1.37 bits per heavy atom. The molecule has 0 aliphatic rings. The molecule has 0 aliphatic heterocycles. The van der Waals surface area contributed by atoms with E-state index in [-0.39, 0.29) is 10.6 Å². The average molecular weight is 486 g/mol. The van der Waals surface area contributed by atoms with Crippen molar-refractivity contribution >= 4 is 34.8 Å². The zero-order valence-corrected chi connectivity index (χ0v) is 20.0. The van der Waals surface area contributed by atoms with E-state index in [0.717, 1.165) is 17.0 Å². The Bertz CT molecular complexity index is 1310. The summed E-state index contributed by atoms with van der Waals surface area (Å²) in [7, 11) is 3.22. The standard InChI is InChI=1S/C27H23N3O4S/c1-33-23-16-12-21(13-17-23)28-27(20-8-4-3-5-9-20)29(22-14-18-24(34-2)19-15-22)35-26-11-7-6-10-25(26)30(31)32/h3-19H,1-2H3. The van der Waals surface area contributed by atoms with E-state index in [2.05, 4.69) is 0 Å². The van der Waals surface area contributed by atoms with Crippen molar-refractivity contribution < 1.29 is 14.4 Å². The van der Waals surface area contributed by atoms with Crippen LogP contribution >= 0.6 is 11.9 Å². The molecular formula is C27H23N3O4S. The highest BCUT2D eigenvalue weighted by atomic mass is 32.2. The van der Waals surface area contributed by atoms with Gasteiger partial charge in [0.25, 0.3) is 5.69 Å². The van der Waals surface area contributed by atoms with E-state index in [1.54, 1.807) is 32.4 Å². The van der Waals surface area contributed by atoms with E-state index in [4.69, 9.17) is 14.5 Å². The number of nitro benzene ring substituents is 1. The second-order valence-electron chi connectivity index (χ2n) is 7.31. The zero-order valence-electron chi connectivity index (χ0n) is 19.2. The summed E-state index contributed by atoms with van der Waals surface area (Å²) in [5.74, 6) is 2.05. The second kappa shape index (κ2) is 11.2. The number of methoxy groups -OCH3 is 2. The summed E-state index contributed by atoms with van der Waals surface area (Å²) in [5, 5.41) is 11.7. The fourth-order valence-electron chi connectivity index (χ4n) is 3.31. The highest BCUT2D eigenvalue weighted by Crippen LogP contribution is 2.37. The first-order chi connectivity index (χ1) is 17.1. The third-order valence-electron chi connectivity index (χ3n) is 5.09. The van der Waals surface area contributed by atoms with Gasteiger partial charge in [-0.2, -0.15) is 0 Å². The monoisotopic (exact) mass is 485 g/mol. The molecule has 0 saturated carbocycles. The van der Waals surface area contributed by atoms with E-state index in [0.29, 0.717) is 22.2 Å². The number of para-hydroxylation sites is 1. The Kier molecular flexibility index (Phi) is 7.64. The molecule has 4 aromatic rings. The van der Waals surface area contributed by atoms with E-state index in [1.165, 1.54) is 18.0 Å². The molecule has 0 saturated heterocycles. The first-order valence-electron chi connectivity index (χ1n) is 10.7. The molecule has 0 radical (unpaired) electrons. The lowest BCUT2D eigenvalue weighted by Gasteiger charge is -2.25. The van der Waals surface area contributed by atoms with Crippen molar-refractivity contribution in [1.82, 2.24) is 0 Å². The molecule has 0 bridgehead atoms. The van der Waals surface area contributed by atoms with Gasteiger partial charge < -0.3 is 9.47 Å². The van der Waals surface area contributed by atoms with Gasteiger partial charge in [0.15, 0.2) is 5.84 Å².